The molecule has 2 aliphatic heterocycles. The molecule has 0 aliphatic carbocycles. The summed E-state index contributed by atoms with van der Waals surface area (Å²) in [5.41, 5.74) is 3.16. The third kappa shape index (κ3) is 3.52. The van der Waals surface area contributed by atoms with Gasteiger partial charge in [0.1, 0.15) is 0 Å². The summed E-state index contributed by atoms with van der Waals surface area (Å²) in [6.45, 7) is 1.61. The topological polar surface area (TPSA) is 55.2 Å². The summed E-state index contributed by atoms with van der Waals surface area (Å²) in [5.74, 6) is 0. The largest absolute Gasteiger partial charge is 0.376 e. The number of rotatable bonds is 5. The maximum absolute atomic E-state index is 5.92. The summed E-state index contributed by atoms with van der Waals surface area (Å²) >= 11 is 5.77. The number of ether oxygens (including phenoxy) is 1. The minimum Gasteiger partial charge on any atom is -0.376 e. The molecule has 0 unspecified atom stereocenters. The summed E-state index contributed by atoms with van der Waals surface area (Å²) in [5, 5.41) is 4.27. The van der Waals surface area contributed by atoms with Crippen molar-refractivity contribution in [3.05, 3.63) is 78.6 Å². The second-order valence-corrected chi connectivity index (χ2v) is 7.81. The van der Waals surface area contributed by atoms with Gasteiger partial charge in [0, 0.05) is 37.4 Å². The summed E-state index contributed by atoms with van der Waals surface area (Å²) in [6, 6.07) is 14.2. The Kier molecular flexibility index (Phi) is 4.99. The van der Waals surface area contributed by atoms with Gasteiger partial charge in [-0.05, 0) is 61.5 Å². The van der Waals surface area contributed by atoms with E-state index in [-0.39, 0.29) is 18.2 Å². The molecule has 0 spiro atoms. The van der Waals surface area contributed by atoms with E-state index in [0.717, 1.165) is 48.2 Å². The van der Waals surface area contributed by atoms with Gasteiger partial charge >= 0.3 is 0 Å². The van der Waals surface area contributed by atoms with Crippen LogP contribution in [-0.4, -0.2) is 43.8 Å². The van der Waals surface area contributed by atoms with Gasteiger partial charge in [0.05, 0.1) is 35.8 Å². The fourth-order valence-electron chi connectivity index (χ4n) is 4.30. The molecule has 148 valence electrons. The molecular weight excluding hydrogens is 382 g/mol. The van der Waals surface area contributed by atoms with Crippen LogP contribution in [0.15, 0.2) is 67.3 Å². The van der Waals surface area contributed by atoms with Crippen molar-refractivity contribution in [3.63, 3.8) is 0 Å². The lowest BCUT2D eigenvalue weighted by molar-refractivity contribution is 0.0836. The van der Waals surface area contributed by atoms with Crippen LogP contribution in [0.1, 0.15) is 36.3 Å². The maximum atomic E-state index is 5.92. The smallest absolute Gasteiger partial charge is 0.170 e. The minimum absolute atomic E-state index is 0.0109. The minimum atomic E-state index is -0.0320. The lowest BCUT2D eigenvalue weighted by Crippen LogP contribution is -2.36. The highest BCUT2D eigenvalue weighted by molar-refractivity contribution is 7.80. The Hall–Kier alpha value is -2.77. The van der Waals surface area contributed by atoms with Gasteiger partial charge in [-0.3, -0.25) is 9.97 Å². The van der Waals surface area contributed by atoms with Crippen molar-refractivity contribution in [1.29, 1.82) is 0 Å². The van der Waals surface area contributed by atoms with E-state index in [1.54, 1.807) is 6.20 Å². The molecule has 2 aliphatic rings. The Bertz CT molecular complexity index is 971. The van der Waals surface area contributed by atoms with E-state index in [1.165, 1.54) is 0 Å². The molecule has 2 fully saturated rings. The average Bonchev–Trinajstić information content (AvgIpc) is 3.51. The van der Waals surface area contributed by atoms with Crippen LogP contribution in [0.5, 0.6) is 0 Å². The molecule has 0 bridgehead atoms. The van der Waals surface area contributed by atoms with Crippen molar-refractivity contribution in [1.82, 2.24) is 24.8 Å². The van der Waals surface area contributed by atoms with Crippen molar-refractivity contribution in [2.75, 3.05) is 13.2 Å². The van der Waals surface area contributed by atoms with Crippen molar-refractivity contribution in [2.24, 2.45) is 0 Å². The van der Waals surface area contributed by atoms with Crippen LogP contribution in [0.3, 0.4) is 0 Å². The lowest BCUT2D eigenvalue weighted by Gasteiger charge is -2.30. The van der Waals surface area contributed by atoms with Gasteiger partial charge in [0.2, 0.25) is 0 Å². The molecule has 6 nitrogen and oxygen atoms in total. The van der Waals surface area contributed by atoms with E-state index < -0.39 is 0 Å². The number of thiocarbonyl (C=S) groups is 1. The first-order valence-corrected chi connectivity index (χ1v) is 10.4. The molecule has 7 heteroatoms. The molecule has 0 aromatic carbocycles. The van der Waals surface area contributed by atoms with E-state index in [9.17, 15) is 0 Å². The summed E-state index contributed by atoms with van der Waals surface area (Å²) < 4.78 is 8.11. The molecule has 29 heavy (non-hydrogen) atoms. The molecule has 5 heterocycles. The van der Waals surface area contributed by atoms with Gasteiger partial charge in [0.15, 0.2) is 5.11 Å². The van der Waals surface area contributed by atoms with E-state index in [4.69, 9.17) is 17.0 Å². The Balaban J connectivity index is 1.57. The van der Waals surface area contributed by atoms with Gasteiger partial charge in [-0.1, -0.05) is 6.07 Å². The summed E-state index contributed by atoms with van der Waals surface area (Å²) in [4.78, 5) is 11.2. The maximum Gasteiger partial charge on any atom is 0.170 e. The second-order valence-electron chi connectivity index (χ2n) is 7.43. The van der Waals surface area contributed by atoms with Crippen LogP contribution in [0.4, 0.5) is 0 Å². The molecular formula is C22H23N5OS. The zero-order chi connectivity index (χ0) is 19.6. The molecule has 0 saturated carbocycles. The number of aromatic nitrogens is 3. The Morgan fingerprint density at radius 2 is 2.10 bits per heavy atom. The predicted molar refractivity (Wildman–Crippen MR) is 115 cm³/mol. The fourth-order valence-corrected chi connectivity index (χ4v) is 4.61. The molecule has 3 aromatic heterocycles. The van der Waals surface area contributed by atoms with E-state index in [2.05, 4.69) is 55.2 Å². The van der Waals surface area contributed by atoms with Crippen LogP contribution in [0.25, 0.3) is 5.69 Å². The Labute approximate surface area is 175 Å². The number of hydrogen-bond donors (Lipinski definition) is 1. The first kappa shape index (κ1) is 18.3. The molecule has 0 amide bonds. The number of pyridine rings is 2. The fraction of sp³-hybridized carbons (Fsp3) is 0.318. The standard InChI is InChI=1S/C22H23N5OS/c29-22-25-20(18-8-1-2-11-24-18)21(27(22)15-17-7-5-13-28-17)19-9-4-12-26(19)16-6-3-10-23-14-16/h1-4,6,8-12,14,17,20-21H,5,7,13,15H2,(H,25,29)/t17-,20-,21+/m0/s1. The highest BCUT2D eigenvalue weighted by Gasteiger charge is 2.42. The van der Waals surface area contributed by atoms with Gasteiger partial charge in [-0.2, -0.15) is 0 Å². The van der Waals surface area contributed by atoms with Crippen molar-refractivity contribution < 1.29 is 4.74 Å². The van der Waals surface area contributed by atoms with E-state index >= 15 is 0 Å². The molecule has 1 N–H and O–H groups in total. The molecule has 2 saturated heterocycles. The molecule has 3 aromatic rings. The first-order valence-electron chi connectivity index (χ1n) is 9.98. The zero-order valence-corrected chi connectivity index (χ0v) is 16.8. The average molecular weight is 406 g/mol. The van der Waals surface area contributed by atoms with Crippen LogP contribution < -0.4 is 5.32 Å². The number of nitrogens with one attached hydrogen (secondary N) is 1. The SMILES string of the molecule is S=C1N[C@@H](c2ccccn2)[C@@H](c2cccn2-c2cccnc2)N1C[C@@H]1CCCO1. The molecule has 0 radical (unpaired) electrons. The lowest BCUT2D eigenvalue weighted by atomic mass is 10.0. The zero-order valence-electron chi connectivity index (χ0n) is 16.0. The van der Waals surface area contributed by atoms with Crippen LogP contribution in [0, 0.1) is 0 Å². The molecule has 3 atom stereocenters. The Morgan fingerprint density at radius 1 is 1.14 bits per heavy atom. The second kappa shape index (κ2) is 7.93. The molecule has 5 rings (SSSR count). The van der Waals surface area contributed by atoms with Crippen LogP contribution in [-0.2, 0) is 4.74 Å². The summed E-state index contributed by atoms with van der Waals surface area (Å²) in [6.07, 6.45) is 9.97. The highest BCUT2D eigenvalue weighted by Crippen LogP contribution is 2.40. The summed E-state index contributed by atoms with van der Waals surface area (Å²) in [7, 11) is 0. The normalized spacial score (nSPS) is 24.1. The monoisotopic (exact) mass is 405 g/mol. The highest BCUT2D eigenvalue weighted by atomic mass is 32.1. The predicted octanol–water partition coefficient (Wildman–Crippen LogP) is 3.42. The number of hydrogen-bond acceptors (Lipinski definition) is 4. The quantitative estimate of drug-likeness (QED) is 0.657. The van der Waals surface area contributed by atoms with E-state index in [0.29, 0.717) is 0 Å². The van der Waals surface area contributed by atoms with Crippen molar-refractivity contribution in [3.8, 4) is 5.69 Å². The van der Waals surface area contributed by atoms with Gasteiger partial charge in [-0.25, -0.2) is 0 Å². The van der Waals surface area contributed by atoms with Gasteiger partial charge in [0.25, 0.3) is 0 Å². The van der Waals surface area contributed by atoms with Crippen molar-refractivity contribution in [2.45, 2.75) is 31.0 Å². The van der Waals surface area contributed by atoms with Gasteiger partial charge < -0.3 is 19.5 Å². The van der Waals surface area contributed by atoms with Crippen molar-refractivity contribution >= 4 is 17.3 Å². The Morgan fingerprint density at radius 3 is 2.86 bits per heavy atom. The van der Waals surface area contributed by atoms with Crippen LogP contribution >= 0.6 is 12.2 Å². The third-order valence-electron chi connectivity index (χ3n) is 5.63. The number of nitrogens with zero attached hydrogens (tertiary/aromatic N) is 4. The van der Waals surface area contributed by atoms with E-state index in [1.807, 2.05) is 30.6 Å². The first-order chi connectivity index (χ1) is 14.3. The third-order valence-corrected chi connectivity index (χ3v) is 5.98. The van der Waals surface area contributed by atoms with Gasteiger partial charge in [-0.15, -0.1) is 0 Å². The van der Waals surface area contributed by atoms with Crippen LogP contribution in [0.2, 0.25) is 0 Å².